The molecule has 14 heteroatoms. The van der Waals surface area contributed by atoms with E-state index in [-0.39, 0.29) is 60.6 Å². The number of carboxylic acid groups (broad SMARTS) is 1. The van der Waals surface area contributed by atoms with Gasteiger partial charge in [-0.3, -0.25) is 9.59 Å². The maximum Gasteiger partial charge on any atom is 0.354 e. The Hall–Kier alpha value is -3.84. The summed E-state index contributed by atoms with van der Waals surface area (Å²) in [5.41, 5.74) is 6.28. The molecular formula is C27H36ClFN6O6. The van der Waals surface area contributed by atoms with Crippen molar-refractivity contribution in [3.8, 4) is 5.88 Å². The van der Waals surface area contributed by atoms with E-state index in [1.54, 1.807) is 13.0 Å². The van der Waals surface area contributed by atoms with E-state index in [1.165, 1.54) is 19.2 Å². The zero-order valence-corrected chi connectivity index (χ0v) is 23.0. The Balaban J connectivity index is 0.000000314. The minimum atomic E-state index is -1.36. The standard InChI is InChI=1S/C15H12FN5O4.C11H19NO2.CH4.ClH/c1-7-4-8(2-3-9(7)16)6-17-13(22)10-5-11(15(24)25)21-12(18-10)14(23)19-20-21;1-14-9(13)11-5-2-10(8-12,3-6-11)4-7-11;;/h2-5,23H,6H2,1H3,(H,17,22)(H,24,25);2-8,12H2,1H3;1H4;1H. The maximum atomic E-state index is 13.2. The number of carboxylic acids is 1. The summed E-state index contributed by atoms with van der Waals surface area (Å²) in [6, 6.07) is 5.42. The number of nitrogens with one attached hydrogen (secondary N) is 1. The third kappa shape index (κ3) is 6.73. The topological polar surface area (TPSA) is 182 Å². The molecule has 0 saturated heterocycles. The van der Waals surface area contributed by atoms with Crippen LogP contribution in [0.25, 0.3) is 5.65 Å². The lowest BCUT2D eigenvalue weighted by atomic mass is 9.54. The molecule has 2 heterocycles. The number of fused-ring (bicyclic) bond motifs is 4. The van der Waals surface area contributed by atoms with Crippen molar-refractivity contribution in [3.63, 3.8) is 0 Å². The normalized spacial score (nSPS) is 20.6. The van der Waals surface area contributed by atoms with Crippen LogP contribution >= 0.6 is 12.4 Å². The van der Waals surface area contributed by atoms with Gasteiger partial charge in [0.2, 0.25) is 5.65 Å². The molecule has 3 fully saturated rings. The molecule has 224 valence electrons. The summed E-state index contributed by atoms with van der Waals surface area (Å²) in [5.74, 6) is -2.96. The van der Waals surface area contributed by atoms with E-state index in [0.717, 1.165) is 55.7 Å². The zero-order valence-electron chi connectivity index (χ0n) is 22.1. The highest BCUT2D eigenvalue weighted by Gasteiger charge is 2.52. The second-order valence-corrected chi connectivity index (χ2v) is 10.2. The van der Waals surface area contributed by atoms with Crippen molar-refractivity contribution >= 4 is 35.9 Å². The Bertz CT molecular complexity index is 1410. The van der Waals surface area contributed by atoms with Crippen molar-refractivity contribution in [2.45, 2.75) is 59.4 Å². The Kier molecular flexibility index (Phi) is 10.8. The van der Waals surface area contributed by atoms with Gasteiger partial charge in [-0.05, 0) is 74.6 Å². The number of carbonyl (C=O) groups excluding carboxylic acids is 2. The van der Waals surface area contributed by atoms with E-state index in [2.05, 4.69) is 20.6 Å². The second-order valence-electron chi connectivity index (χ2n) is 10.2. The summed E-state index contributed by atoms with van der Waals surface area (Å²) < 4.78 is 19.0. The maximum absolute atomic E-state index is 13.2. The van der Waals surface area contributed by atoms with Crippen molar-refractivity contribution in [1.82, 2.24) is 25.1 Å². The number of esters is 1. The number of methoxy groups -OCH3 is 1. The number of aryl methyl sites for hydroxylation is 1. The molecule has 3 saturated carbocycles. The predicted molar refractivity (Wildman–Crippen MR) is 149 cm³/mol. The number of aromatic hydroxyl groups is 1. The molecule has 2 aromatic heterocycles. The van der Waals surface area contributed by atoms with Crippen LogP contribution in [-0.4, -0.2) is 61.5 Å². The number of aromatic nitrogens is 4. The smallest absolute Gasteiger partial charge is 0.354 e. The first-order valence-corrected chi connectivity index (χ1v) is 12.5. The number of rotatable bonds is 6. The van der Waals surface area contributed by atoms with Gasteiger partial charge in [0.05, 0.1) is 12.5 Å². The van der Waals surface area contributed by atoms with E-state index in [0.29, 0.717) is 16.5 Å². The summed E-state index contributed by atoms with van der Waals surface area (Å²) in [6.45, 7) is 2.48. The van der Waals surface area contributed by atoms with E-state index in [1.807, 2.05) is 0 Å². The first-order chi connectivity index (χ1) is 18.5. The Labute approximate surface area is 242 Å². The van der Waals surface area contributed by atoms with Crippen molar-refractivity contribution < 1.29 is 33.7 Å². The van der Waals surface area contributed by atoms with Gasteiger partial charge in [0.25, 0.3) is 11.8 Å². The molecule has 0 unspecified atom stereocenters. The molecule has 6 rings (SSSR count). The number of hydrogen-bond acceptors (Lipinski definition) is 9. The SMILES string of the molecule is C.COC(=O)C12CCC(CN)(CC1)CC2.Cc1cc(CNC(=O)c2cc(C(=O)O)n3nnc(O)c3n2)ccc1F.Cl. The highest BCUT2D eigenvalue weighted by molar-refractivity contribution is 5.96. The molecule has 0 aliphatic heterocycles. The minimum absolute atomic E-state index is 0. The lowest BCUT2D eigenvalue weighted by Crippen LogP contribution is -2.49. The van der Waals surface area contributed by atoms with Crippen LogP contribution < -0.4 is 11.1 Å². The van der Waals surface area contributed by atoms with Crippen LogP contribution in [0.2, 0.25) is 0 Å². The van der Waals surface area contributed by atoms with Crippen LogP contribution in [0.15, 0.2) is 24.3 Å². The molecule has 3 aliphatic carbocycles. The summed E-state index contributed by atoms with van der Waals surface area (Å²) >= 11 is 0. The minimum Gasteiger partial charge on any atom is -0.489 e. The summed E-state index contributed by atoms with van der Waals surface area (Å²) in [5, 5.41) is 28.1. The summed E-state index contributed by atoms with van der Waals surface area (Å²) in [7, 11) is 1.50. The Morgan fingerprint density at radius 3 is 2.32 bits per heavy atom. The highest BCUT2D eigenvalue weighted by atomic mass is 35.5. The third-order valence-electron chi connectivity index (χ3n) is 7.94. The van der Waals surface area contributed by atoms with Crippen molar-refractivity contribution in [3.05, 3.63) is 52.6 Å². The van der Waals surface area contributed by atoms with E-state index in [9.17, 15) is 29.0 Å². The van der Waals surface area contributed by atoms with E-state index >= 15 is 0 Å². The number of benzene rings is 1. The quantitative estimate of drug-likeness (QED) is 0.308. The van der Waals surface area contributed by atoms with Crippen LogP contribution in [0.4, 0.5) is 4.39 Å². The molecule has 5 N–H and O–H groups in total. The molecule has 2 bridgehead atoms. The van der Waals surface area contributed by atoms with Gasteiger partial charge in [-0.2, -0.15) is 4.52 Å². The number of nitrogens with two attached hydrogens (primary N) is 1. The van der Waals surface area contributed by atoms with Gasteiger partial charge >= 0.3 is 11.9 Å². The number of carbonyl (C=O) groups is 3. The molecule has 12 nitrogen and oxygen atoms in total. The zero-order chi connectivity index (χ0) is 28.4. The molecule has 3 aliphatic rings. The van der Waals surface area contributed by atoms with Gasteiger partial charge in [0, 0.05) is 12.6 Å². The molecule has 1 amide bonds. The Morgan fingerprint density at radius 1 is 1.15 bits per heavy atom. The fraction of sp³-hybridized carbons (Fsp3) is 0.481. The van der Waals surface area contributed by atoms with Crippen LogP contribution in [0.1, 0.15) is 78.1 Å². The number of aromatic carboxylic acids is 1. The highest BCUT2D eigenvalue weighted by Crippen LogP contribution is 2.56. The molecule has 0 spiro atoms. The molecule has 0 atom stereocenters. The van der Waals surface area contributed by atoms with Crippen molar-refractivity contribution in [2.75, 3.05) is 13.7 Å². The molecular weight excluding hydrogens is 559 g/mol. The van der Waals surface area contributed by atoms with Crippen LogP contribution in [0.3, 0.4) is 0 Å². The van der Waals surface area contributed by atoms with Gasteiger partial charge < -0.3 is 26.0 Å². The average molecular weight is 595 g/mol. The lowest BCUT2D eigenvalue weighted by Gasteiger charge is -2.51. The Morgan fingerprint density at radius 2 is 1.78 bits per heavy atom. The molecule has 0 radical (unpaired) electrons. The van der Waals surface area contributed by atoms with Crippen LogP contribution in [0.5, 0.6) is 5.88 Å². The van der Waals surface area contributed by atoms with Gasteiger partial charge in [-0.25, -0.2) is 14.2 Å². The first-order valence-electron chi connectivity index (χ1n) is 12.5. The second kappa shape index (κ2) is 13.2. The number of halogens is 2. The van der Waals surface area contributed by atoms with E-state index < -0.39 is 17.8 Å². The van der Waals surface area contributed by atoms with Gasteiger partial charge in [-0.1, -0.05) is 29.9 Å². The molecule has 41 heavy (non-hydrogen) atoms. The summed E-state index contributed by atoms with van der Waals surface area (Å²) in [4.78, 5) is 39.1. The fourth-order valence-electron chi connectivity index (χ4n) is 5.32. The fourth-order valence-corrected chi connectivity index (χ4v) is 5.32. The number of amides is 1. The number of ether oxygens (including phenoxy) is 1. The average Bonchev–Trinajstić information content (AvgIpc) is 3.34. The van der Waals surface area contributed by atoms with Gasteiger partial charge in [-0.15, -0.1) is 12.4 Å². The van der Waals surface area contributed by atoms with Crippen molar-refractivity contribution in [1.29, 1.82) is 0 Å². The van der Waals surface area contributed by atoms with Gasteiger partial charge in [0.15, 0.2) is 5.69 Å². The predicted octanol–water partition coefficient (Wildman–Crippen LogP) is 3.42. The molecule has 3 aromatic rings. The molecule has 1 aromatic carbocycles. The van der Waals surface area contributed by atoms with Crippen LogP contribution in [0, 0.1) is 23.6 Å². The first kappa shape index (κ1) is 33.4. The van der Waals surface area contributed by atoms with Crippen molar-refractivity contribution in [2.24, 2.45) is 16.6 Å². The third-order valence-corrected chi connectivity index (χ3v) is 7.94. The largest absolute Gasteiger partial charge is 0.489 e. The van der Waals surface area contributed by atoms with Gasteiger partial charge in [0.1, 0.15) is 11.5 Å². The van der Waals surface area contributed by atoms with Crippen LogP contribution in [-0.2, 0) is 16.1 Å². The number of hydrogen-bond donors (Lipinski definition) is 4. The monoisotopic (exact) mass is 594 g/mol. The number of nitrogens with zero attached hydrogens (tertiary/aromatic N) is 4. The van der Waals surface area contributed by atoms with E-state index in [4.69, 9.17) is 10.5 Å². The lowest BCUT2D eigenvalue weighted by molar-refractivity contribution is -0.162. The summed E-state index contributed by atoms with van der Waals surface area (Å²) in [6.07, 6.45) is 6.28.